The van der Waals surface area contributed by atoms with Crippen molar-refractivity contribution in [1.29, 1.82) is 0 Å². The molecular formula is C16H34N2. The van der Waals surface area contributed by atoms with Gasteiger partial charge in [0.2, 0.25) is 0 Å². The third-order valence-corrected chi connectivity index (χ3v) is 4.20. The molecule has 18 heavy (non-hydrogen) atoms. The van der Waals surface area contributed by atoms with Gasteiger partial charge in [-0.2, -0.15) is 0 Å². The molecule has 2 heteroatoms. The zero-order valence-corrected chi connectivity index (χ0v) is 13.0. The minimum atomic E-state index is 0.689. The summed E-state index contributed by atoms with van der Waals surface area (Å²) in [6, 6.07) is 0.689. The predicted octanol–water partition coefficient (Wildman–Crippen LogP) is 3.52. The summed E-state index contributed by atoms with van der Waals surface area (Å²) in [4.78, 5) is 2.64. The molecule has 1 rings (SSSR count). The van der Waals surface area contributed by atoms with E-state index in [0.29, 0.717) is 6.04 Å². The van der Waals surface area contributed by atoms with Crippen LogP contribution in [0.4, 0.5) is 0 Å². The van der Waals surface area contributed by atoms with Crippen LogP contribution in [0.25, 0.3) is 0 Å². The molecule has 0 radical (unpaired) electrons. The van der Waals surface area contributed by atoms with Gasteiger partial charge in [-0.3, -0.25) is 0 Å². The van der Waals surface area contributed by atoms with Crippen LogP contribution in [0, 0.1) is 11.8 Å². The van der Waals surface area contributed by atoms with E-state index >= 15 is 0 Å². The van der Waals surface area contributed by atoms with E-state index in [9.17, 15) is 0 Å². The molecule has 2 nitrogen and oxygen atoms in total. The number of rotatable bonds is 8. The lowest BCUT2D eigenvalue weighted by Crippen LogP contribution is -2.35. The van der Waals surface area contributed by atoms with Gasteiger partial charge in [-0.25, -0.2) is 0 Å². The maximum atomic E-state index is 3.66. The van der Waals surface area contributed by atoms with Crippen molar-refractivity contribution in [2.75, 3.05) is 26.2 Å². The topological polar surface area (TPSA) is 15.3 Å². The molecule has 0 aromatic heterocycles. The lowest BCUT2D eigenvalue weighted by atomic mass is 9.99. The van der Waals surface area contributed by atoms with E-state index in [1.807, 2.05) is 0 Å². The summed E-state index contributed by atoms with van der Waals surface area (Å²) in [6.45, 7) is 14.4. The van der Waals surface area contributed by atoms with Crippen LogP contribution in [-0.4, -0.2) is 37.1 Å². The molecule has 0 aromatic carbocycles. The van der Waals surface area contributed by atoms with Crippen molar-refractivity contribution in [2.45, 2.75) is 65.8 Å². The molecule has 1 aliphatic rings. The van der Waals surface area contributed by atoms with Crippen LogP contribution >= 0.6 is 0 Å². The van der Waals surface area contributed by atoms with E-state index in [2.05, 4.69) is 37.9 Å². The molecule has 0 amide bonds. The highest BCUT2D eigenvalue weighted by molar-refractivity contribution is 4.70. The van der Waals surface area contributed by atoms with E-state index < -0.39 is 0 Å². The van der Waals surface area contributed by atoms with E-state index in [1.165, 1.54) is 58.3 Å². The SMILES string of the molecule is CC(C)CCC(C)NCCCN1CCC(C)CC1. The summed E-state index contributed by atoms with van der Waals surface area (Å²) < 4.78 is 0. The number of hydrogen-bond donors (Lipinski definition) is 1. The van der Waals surface area contributed by atoms with Gasteiger partial charge in [0.15, 0.2) is 0 Å². The Morgan fingerprint density at radius 1 is 1.11 bits per heavy atom. The molecule has 1 unspecified atom stereocenters. The zero-order chi connectivity index (χ0) is 13.4. The van der Waals surface area contributed by atoms with Crippen molar-refractivity contribution in [3.63, 3.8) is 0 Å². The van der Waals surface area contributed by atoms with Gasteiger partial charge in [-0.1, -0.05) is 20.8 Å². The largest absolute Gasteiger partial charge is 0.314 e. The Bertz CT molecular complexity index is 195. The molecule has 0 spiro atoms. The second kappa shape index (κ2) is 8.92. The Labute approximate surface area is 115 Å². The van der Waals surface area contributed by atoms with Crippen molar-refractivity contribution in [2.24, 2.45) is 11.8 Å². The van der Waals surface area contributed by atoms with Crippen LogP contribution in [0.5, 0.6) is 0 Å². The van der Waals surface area contributed by atoms with Crippen molar-refractivity contribution in [3.05, 3.63) is 0 Å². The second-order valence-corrected chi connectivity index (χ2v) is 6.70. The van der Waals surface area contributed by atoms with Crippen LogP contribution in [0.2, 0.25) is 0 Å². The van der Waals surface area contributed by atoms with Crippen LogP contribution in [-0.2, 0) is 0 Å². The maximum Gasteiger partial charge on any atom is 0.00388 e. The molecule has 1 N–H and O–H groups in total. The molecule has 0 aromatic rings. The first kappa shape index (κ1) is 16.0. The Hall–Kier alpha value is -0.0800. The fourth-order valence-electron chi connectivity index (χ4n) is 2.62. The molecule has 1 atom stereocenters. The average Bonchev–Trinajstić information content (AvgIpc) is 2.34. The molecule has 1 heterocycles. The van der Waals surface area contributed by atoms with Gasteiger partial charge in [0.25, 0.3) is 0 Å². The summed E-state index contributed by atoms with van der Waals surface area (Å²) in [5, 5.41) is 3.66. The molecular weight excluding hydrogens is 220 g/mol. The van der Waals surface area contributed by atoms with Crippen LogP contribution in [0.3, 0.4) is 0 Å². The summed E-state index contributed by atoms with van der Waals surface area (Å²) in [7, 11) is 0. The lowest BCUT2D eigenvalue weighted by Gasteiger charge is -2.30. The number of nitrogens with zero attached hydrogens (tertiary/aromatic N) is 1. The molecule has 108 valence electrons. The monoisotopic (exact) mass is 254 g/mol. The third-order valence-electron chi connectivity index (χ3n) is 4.20. The van der Waals surface area contributed by atoms with Crippen molar-refractivity contribution in [1.82, 2.24) is 10.2 Å². The van der Waals surface area contributed by atoms with Gasteiger partial charge in [0.05, 0.1) is 0 Å². The fourth-order valence-corrected chi connectivity index (χ4v) is 2.62. The first-order valence-corrected chi connectivity index (χ1v) is 8.03. The van der Waals surface area contributed by atoms with Crippen molar-refractivity contribution >= 4 is 0 Å². The highest BCUT2D eigenvalue weighted by atomic mass is 15.1. The normalized spacial score (nSPS) is 20.5. The van der Waals surface area contributed by atoms with Gasteiger partial charge in [0, 0.05) is 6.04 Å². The van der Waals surface area contributed by atoms with E-state index in [1.54, 1.807) is 0 Å². The molecule has 0 bridgehead atoms. The summed E-state index contributed by atoms with van der Waals surface area (Å²) in [5.41, 5.74) is 0. The Kier molecular flexibility index (Phi) is 7.92. The summed E-state index contributed by atoms with van der Waals surface area (Å²) in [6.07, 6.45) is 6.77. The first-order chi connectivity index (χ1) is 8.58. The van der Waals surface area contributed by atoms with Gasteiger partial charge < -0.3 is 10.2 Å². The van der Waals surface area contributed by atoms with Gasteiger partial charge in [0.1, 0.15) is 0 Å². The number of likely N-dealkylation sites (tertiary alicyclic amines) is 1. The van der Waals surface area contributed by atoms with Gasteiger partial charge in [-0.15, -0.1) is 0 Å². The minimum absolute atomic E-state index is 0.689. The molecule has 1 fully saturated rings. The third kappa shape index (κ3) is 7.38. The van der Waals surface area contributed by atoms with E-state index in [4.69, 9.17) is 0 Å². The second-order valence-electron chi connectivity index (χ2n) is 6.70. The Morgan fingerprint density at radius 3 is 2.39 bits per heavy atom. The van der Waals surface area contributed by atoms with E-state index in [0.717, 1.165) is 11.8 Å². The predicted molar refractivity (Wildman–Crippen MR) is 81.0 cm³/mol. The molecule has 0 aliphatic carbocycles. The minimum Gasteiger partial charge on any atom is -0.314 e. The van der Waals surface area contributed by atoms with Crippen molar-refractivity contribution in [3.8, 4) is 0 Å². The molecule has 1 saturated heterocycles. The summed E-state index contributed by atoms with van der Waals surface area (Å²) in [5.74, 6) is 1.79. The highest BCUT2D eigenvalue weighted by Crippen LogP contribution is 2.15. The molecule has 0 saturated carbocycles. The van der Waals surface area contributed by atoms with Crippen LogP contribution in [0.1, 0.15) is 59.8 Å². The standard InChI is InChI=1S/C16H34N2/c1-14(2)6-7-16(4)17-10-5-11-18-12-8-15(3)9-13-18/h14-17H,5-13H2,1-4H3. The number of nitrogens with one attached hydrogen (secondary N) is 1. The number of piperidine rings is 1. The fraction of sp³-hybridized carbons (Fsp3) is 1.00. The average molecular weight is 254 g/mol. The quantitative estimate of drug-likeness (QED) is 0.667. The maximum absolute atomic E-state index is 3.66. The van der Waals surface area contributed by atoms with E-state index in [-0.39, 0.29) is 0 Å². The van der Waals surface area contributed by atoms with Crippen LogP contribution < -0.4 is 5.32 Å². The highest BCUT2D eigenvalue weighted by Gasteiger charge is 2.14. The first-order valence-electron chi connectivity index (χ1n) is 8.03. The Balaban J connectivity index is 1.94. The zero-order valence-electron chi connectivity index (χ0n) is 13.0. The van der Waals surface area contributed by atoms with Gasteiger partial charge in [-0.05, 0) is 77.0 Å². The van der Waals surface area contributed by atoms with Gasteiger partial charge >= 0.3 is 0 Å². The lowest BCUT2D eigenvalue weighted by molar-refractivity contribution is 0.189. The Morgan fingerprint density at radius 2 is 1.78 bits per heavy atom. The smallest absolute Gasteiger partial charge is 0.00388 e. The van der Waals surface area contributed by atoms with Crippen molar-refractivity contribution < 1.29 is 0 Å². The number of hydrogen-bond acceptors (Lipinski definition) is 2. The summed E-state index contributed by atoms with van der Waals surface area (Å²) >= 11 is 0. The molecule has 1 aliphatic heterocycles. The van der Waals surface area contributed by atoms with Crippen LogP contribution in [0.15, 0.2) is 0 Å².